The maximum Gasteiger partial charge on any atom is 0.262 e. The van der Waals surface area contributed by atoms with Gasteiger partial charge >= 0.3 is 0 Å². The van der Waals surface area contributed by atoms with E-state index in [4.69, 9.17) is 5.26 Å². The molecule has 1 aromatic carbocycles. The first-order valence-electron chi connectivity index (χ1n) is 16.0. The minimum Gasteiger partial charge on any atom is -0.388 e. The summed E-state index contributed by atoms with van der Waals surface area (Å²) in [6.07, 6.45) is 8.19. The molecule has 4 aromatic heterocycles. The van der Waals surface area contributed by atoms with Gasteiger partial charge in [0.05, 0.1) is 17.5 Å². The number of rotatable bonds is 7. The molecule has 0 bridgehead atoms. The predicted octanol–water partition coefficient (Wildman–Crippen LogP) is 3.51. The highest BCUT2D eigenvalue weighted by Crippen LogP contribution is 2.36. The van der Waals surface area contributed by atoms with Crippen molar-refractivity contribution in [1.29, 1.82) is 5.26 Å². The number of pyridine rings is 2. The number of aromatic nitrogens is 5. The van der Waals surface area contributed by atoms with Crippen LogP contribution >= 0.6 is 0 Å². The number of likely N-dealkylation sites (tertiary alicyclic amines) is 2. The SMILES string of the molecule is N#Cc1ccc(CN2CC[C@@H](C(=O)N3CCC(O)(Cn4cnc5c(ccn5-c5ccccn5)c4=O)CC3)[C@H](c3ccccc3)C2)cn1. The number of benzene rings is 1. The average Bonchev–Trinajstić information content (AvgIpc) is 3.56. The molecule has 1 amide bonds. The maximum absolute atomic E-state index is 14.1. The van der Waals surface area contributed by atoms with Gasteiger partial charge in [-0.2, -0.15) is 5.26 Å². The maximum atomic E-state index is 14.1. The fourth-order valence-electron chi connectivity index (χ4n) is 7.04. The summed E-state index contributed by atoms with van der Waals surface area (Å²) in [6, 6.07) is 23.3. The highest BCUT2D eigenvalue weighted by Gasteiger charge is 2.41. The number of piperidine rings is 2. The van der Waals surface area contributed by atoms with Crippen molar-refractivity contribution in [2.24, 2.45) is 5.92 Å². The second-order valence-electron chi connectivity index (χ2n) is 12.6. The van der Waals surface area contributed by atoms with E-state index in [0.717, 1.165) is 30.6 Å². The zero-order chi connectivity index (χ0) is 32.4. The van der Waals surface area contributed by atoms with Crippen LogP contribution in [0.5, 0.6) is 0 Å². The number of hydrogen-bond donors (Lipinski definition) is 1. The molecule has 0 saturated carbocycles. The Bertz CT molecular complexity index is 1960. The lowest BCUT2D eigenvalue weighted by Crippen LogP contribution is -2.53. The number of amides is 1. The van der Waals surface area contributed by atoms with Crippen LogP contribution in [0.2, 0.25) is 0 Å². The Hall–Kier alpha value is -5.18. The minimum atomic E-state index is -1.13. The van der Waals surface area contributed by atoms with Gasteiger partial charge in [0, 0.05) is 56.6 Å². The second-order valence-corrected chi connectivity index (χ2v) is 12.6. The number of carbonyl (C=O) groups is 1. The van der Waals surface area contributed by atoms with Crippen LogP contribution in [0.1, 0.15) is 42.0 Å². The van der Waals surface area contributed by atoms with Crippen LogP contribution in [-0.4, -0.2) is 76.7 Å². The van der Waals surface area contributed by atoms with Crippen molar-refractivity contribution in [3.8, 4) is 11.9 Å². The van der Waals surface area contributed by atoms with Gasteiger partial charge in [0.25, 0.3) is 5.56 Å². The van der Waals surface area contributed by atoms with Gasteiger partial charge in [-0.05, 0) is 61.2 Å². The van der Waals surface area contributed by atoms with E-state index in [1.165, 1.54) is 10.9 Å². The molecule has 2 fully saturated rings. The number of nitriles is 1. The zero-order valence-electron chi connectivity index (χ0n) is 26.0. The quantitative estimate of drug-likeness (QED) is 0.290. The molecule has 0 spiro atoms. The Morgan fingerprint density at radius 1 is 0.979 bits per heavy atom. The van der Waals surface area contributed by atoms with Crippen LogP contribution in [0.4, 0.5) is 0 Å². The number of fused-ring (bicyclic) bond motifs is 1. The third-order valence-corrected chi connectivity index (χ3v) is 9.62. The summed E-state index contributed by atoms with van der Waals surface area (Å²) in [4.78, 5) is 44.8. The van der Waals surface area contributed by atoms with E-state index in [1.807, 2.05) is 47.4 Å². The first-order valence-corrected chi connectivity index (χ1v) is 16.0. The Kier molecular flexibility index (Phi) is 8.37. The highest BCUT2D eigenvalue weighted by molar-refractivity contribution is 5.80. The lowest BCUT2D eigenvalue weighted by Gasteiger charge is -2.43. The topological polar surface area (TPSA) is 133 Å². The van der Waals surface area contributed by atoms with Crippen LogP contribution in [0, 0.1) is 17.2 Å². The molecule has 2 atom stereocenters. The van der Waals surface area contributed by atoms with Gasteiger partial charge in [0.1, 0.15) is 23.9 Å². The van der Waals surface area contributed by atoms with E-state index in [9.17, 15) is 14.7 Å². The van der Waals surface area contributed by atoms with Crippen molar-refractivity contribution < 1.29 is 9.90 Å². The van der Waals surface area contributed by atoms with Crippen LogP contribution in [0.15, 0.2) is 96.4 Å². The molecule has 0 unspecified atom stereocenters. The monoisotopic (exact) mass is 628 g/mol. The van der Waals surface area contributed by atoms with Gasteiger partial charge in [0.2, 0.25) is 5.91 Å². The van der Waals surface area contributed by atoms with Crippen molar-refractivity contribution in [2.75, 3.05) is 26.2 Å². The summed E-state index contributed by atoms with van der Waals surface area (Å²) in [5, 5.41) is 21.1. The Morgan fingerprint density at radius 3 is 2.51 bits per heavy atom. The first-order chi connectivity index (χ1) is 22.9. The van der Waals surface area contributed by atoms with E-state index in [2.05, 4.69) is 38.1 Å². The molecular formula is C36H36N8O3. The molecular weight excluding hydrogens is 592 g/mol. The first kappa shape index (κ1) is 30.5. The van der Waals surface area contributed by atoms with Crippen molar-refractivity contribution in [3.05, 3.63) is 119 Å². The lowest BCUT2D eigenvalue weighted by molar-refractivity contribution is -0.142. The number of aliphatic hydroxyl groups is 1. The van der Waals surface area contributed by atoms with Crippen molar-refractivity contribution >= 4 is 16.9 Å². The van der Waals surface area contributed by atoms with Crippen LogP contribution in [0.3, 0.4) is 0 Å². The molecule has 2 saturated heterocycles. The Morgan fingerprint density at radius 2 is 1.79 bits per heavy atom. The zero-order valence-corrected chi connectivity index (χ0v) is 26.0. The fraction of sp³-hybridized carbons (Fsp3) is 0.333. The third-order valence-electron chi connectivity index (χ3n) is 9.62. The summed E-state index contributed by atoms with van der Waals surface area (Å²) < 4.78 is 3.25. The molecule has 7 rings (SSSR count). The molecule has 5 aromatic rings. The number of hydrogen-bond acceptors (Lipinski definition) is 8. The normalized spacial score (nSPS) is 19.8. The van der Waals surface area contributed by atoms with Crippen molar-refractivity contribution in [2.45, 2.75) is 43.9 Å². The molecule has 1 N–H and O–H groups in total. The molecule has 0 aliphatic carbocycles. The molecule has 0 radical (unpaired) electrons. The molecule has 2 aliphatic heterocycles. The standard InChI is InChI=1S/C36H36N8O3/c37-20-28-10-9-26(21-39-28)22-41-16-11-29(31(23-41)27-6-2-1-3-7-27)34(45)42-18-13-36(47,14-19-42)24-43-25-40-33-30(35(43)46)12-17-44(33)32-8-4-5-15-38-32/h1-10,12,15,17,21,25,29,31,47H,11,13-14,16,18-19,22-24H2/t29-,31+/m1/s1. The van der Waals surface area contributed by atoms with Gasteiger partial charge in [-0.3, -0.25) is 23.6 Å². The molecule has 6 heterocycles. The Labute approximate surface area is 272 Å². The van der Waals surface area contributed by atoms with E-state index in [-0.39, 0.29) is 29.8 Å². The summed E-state index contributed by atoms with van der Waals surface area (Å²) >= 11 is 0. The smallest absolute Gasteiger partial charge is 0.262 e. The molecule has 11 heteroatoms. The van der Waals surface area contributed by atoms with E-state index in [1.54, 1.807) is 35.3 Å². The minimum absolute atomic E-state index is 0.0272. The van der Waals surface area contributed by atoms with Crippen LogP contribution < -0.4 is 5.56 Å². The van der Waals surface area contributed by atoms with Crippen LogP contribution in [-0.2, 0) is 17.9 Å². The third kappa shape index (κ3) is 6.30. The summed E-state index contributed by atoms with van der Waals surface area (Å²) in [7, 11) is 0. The predicted molar refractivity (Wildman–Crippen MR) is 175 cm³/mol. The molecule has 47 heavy (non-hydrogen) atoms. The van der Waals surface area contributed by atoms with Gasteiger partial charge in [-0.25, -0.2) is 15.0 Å². The number of carbonyl (C=O) groups excluding carboxylic acids is 1. The second kappa shape index (κ2) is 12.9. The van der Waals surface area contributed by atoms with Crippen molar-refractivity contribution in [3.63, 3.8) is 0 Å². The van der Waals surface area contributed by atoms with Gasteiger partial charge in [-0.15, -0.1) is 0 Å². The fourth-order valence-corrected chi connectivity index (χ4v) is 7.04. The van der Waals surface area contributed by atoms with Gasteiger partial charge < -0.3 is 10.0 Å². The van der Waals surface area contributed by atoms with Crippen LogP contribution in [0.25, 0.3) is 16.9 Å². The summed E-state index contributed by atoms with van der Waals surface area (Å²) in [6.45, 7) is 3.17. The summed E-state index contributed by atoms with van der Waals surface area (Å²) in [5.41, 5.74) is 1.75. The summed E-state index contributed by atoms with van der Waals surface area (Å²) in [5.74, 6) is 0.652. The highest BCUT2D eigenvalue weighted by atomic mass is 16.3. The van der Waals surface area contributed by atoms with E-state index in [0.29, 0.717) is 55.0 Å². The molecule has 11 nitrogen and oxygen atoms in total. The Balaban J connectivity index is 1.02. The van der Waals surface area contributed by atoms with Crippen molar-refractivity contribution in [1.82, 2.24) is 33.9 Å². The van der Waals surface area contributed by atoms with E-state index >= 15 is 0 Å². The van der Waals surface area contributed by atoms with Gasteiger partial charge in [0.15, 0.2) is 5.65 Å². The van der Waals surface area contributed by atoms with Gasteiger partial charge in [-0.1, -0.05) is 42.5 Å². The largest absolute Gasteiger partial charge is 0.388 e. The molecule has 238 valence electrons. The average molecular weight is 629 g/mol. The lowest BCUT2D eigenvalue weighted by atomic mass is 9.79. The molecule has 2 aliphatic rings. The number of nitrogens with zero attached hydrogens (tertiary/aromatic N) is 8. The van der Waals surface area contributed by atoms with E-state index < -0.39 is 5.60 Å².